The van der Waals surface area contributed by atoms with Crippen molar-refractivity contribution in [1.29, 1.82) is 0 Å². The summed E-state index contributed by atoms with van der Waals surface area (Å²) in [5, 5.41) is 3.35. The van der Waals surface area contributed by atoms with Crippen molar-refractivity contribution < 1.29 is 13.9 Å². The number of halogens is 1. The van der Waals surface area contributed by atoms with Crippen molar-refractivity contribution in [1.82, 2.24) is 5.32 Å². The predicted octanol–water partition coefficient (Wildman–Crippen LogP) is 2.43. The Morgan fingerprint density at radius 3 is 3.00 bits per heavy atom. The first-order valence-electron chi connectivity index (χ1n) is 7.77. The predicted molar refractivity (Wildman–Crippen MR) is 82.7 cm³/mol. The lowest BCUT2D eigenvalue weighted by molar-refractivity contribution is 0.131. The maximum Gasteiger partial charge on any atom is 0.142 e. The standard InChI is InChI=1S/C16H25FN2O2/c1-2-20-11-4-12-21-16-6-5-14(17)13-15(16)19-9-3-7-18-8-10-19/h5-6,13,18H,2-4,7-12H2,1H3. The number of nitrogens with zero attached hydrogens (tertiary/aromatic N) is 1. The number of benzene rings is 1. The van der Waals surface area contributed by atoms with Gasteiger partial charge in [-0.15, -0.1) is 0 Å². The van der Waals surface area contributed by atoms with E-state index in [1.165, 1.54) is 6.07 Å². The molecule has 0 radical (unpaired) electrons. The number of ether oxygens (including phenoxy) is 2. The molecule has 4 nitrogen and oxygen atoms in total. The molecule has 1 aromatic rings. The van der Waals surface area contributed by atoms with Crippen molar-refractivity contribution in [2.24, 2.45) is 0 Å². The zero-order valence-corrected chi connectivity index (χ0v) is 12.7. The number of hydrogen-bond acceptors (Lipinski definition) is 4. The van der Waals surface area contributed by atoms with Crippen molar-refractivity contribution in [3.63, 3.8) is 0 Å². The van der Waals surface area contributed by atoms with Gasteiger partial charge >= 0.3 is 0 Å². The Kier molecular flexibility index (Phi) is 6.76. The lowest BCUT2D eigenvalue weighted by Gasteiger charge is -2.25. The Bertz CT molecular complexity index is 421. The van der Waals surface area contributed by atoms with Crippen LogP contribution in [-0.4, -0.2) is 46.0 Å². The molecule has 118 valence electrons. The first kappa shape index (κ1) is 16.0. The lowest BCUT2D eigenvalue weighted by atomic mass is 10.2. The molecule has 21 heavy (non-hydrogen) atoms. The summed E-state index contributed by atoms with van der Waals surface area (Å²) in [6.45, 7) is 7.71. The summed E-state index contributed by atoms with van der Waals surface area (Å²) in [5.74, 6) is 0.540. The minimum Gasteiger partial charge on any atom is -0.491 e. The fraction of sp³-hybridized carbons (Fsp3) is 0.625. The van der Waals surface area contributed by atoms with Gasteiger partial charge in [0.25, 0.3) is 0 Å². The topological polar surface area (TPSA) is 33.7 Å². The van der Waals surface area contributed by atoms with E-state index in [-0.39, 0.29) is 5.82 Å². The van der Waals surface area contributed by atoms with Gasteiger partial charge in [-0.25, -0.2) is 4.39 Å². The van der Waals surface area contributed by atoms with E-state index in [0.717, 1.165) is 57.1 Å². The van der Waals surface area contributed by atoms with Crippen LogP contribution in [0.2, 0.25) is 0 Å². The molecule has 0 atom stereocenters. The van der Waals surface area contributed by atoms with Gasteiger partial charge in [0.2, 0.25) is 0 Å². The van der Waals surface area contributed by atoms with Crippen molar-refractivity contribution >= 4 is 5.69 Å². The molecule has 1 fully saturated rings. The third-order valence-electron chi connectivity index (χ3n) is 3.50. The highest BCUT2D eigenvalue weighted by Gasteiger charge is 2.15. The van der Waals surface area contributed by atoms with Crippen LogP contribution in [0.25, 0.3) is 0 Å². The van der Waals surface area contributed by atoms with E-state index in [9.17, 15) is 4.39 Å². The van der Waals surface area contributed by atoms with Crippen LogP contribution >= 0.6 is 0 Å². The van der Waals surface area contributed by atoms with Crippen LogP contribution in [0.1, 0.15) is 19.8 Å². The normalized spacial score (nSPS) is 15.8. The van der Waals surface area contributed by atoms with Crippen LogP contribution in [-0.2, 0) is 4.74 Å². The lowest BCUT2D eigenvalue weighted by Crippen LogP contribution is -2.28. The fourth-order valence-electron chi connectivity index (χ4n) is 2.43. The second-order valence-corrected chi connectivity index (χ2v) is 5.10. The fourth-order valence-corrected chi connectivity index (χ4v) is 2.43. The largest absolute Gasteiger partial charge is 0.491 e. The molecule has 5 heteroatoms. The Hall–Kier alpha value is -1.33. The molecule has 2 rings (SSSR count). The van der Waals surface area contributed by atoms with E-state index in [1.807, 2.05) is 6.92 Å². The van der Waals surface area contributed by atoms with Crippen molar-refractivity contribution in [2.45, 2.75) is 19.8 Å². The summed E-state index contributed by atoms with van der Waals surface area (Å²) in [4.78, 5) is 2.20. The summed E-state index contributed by atoms with van der Waals surface area (Å²) < 4.78 is 24.7. The second kappa shape index (κ2) is 8.85. The van der Waals surface area contributed by atoms with E-state index in [2.05, 4.69) is 10.2 Å². The van der Waals surface area contributed by atoms with Crippen LogP contribution in [0.4, 0.5) is 10.1 Å². The van der Waals surface area contributed by atoms with Crippen molar-refractivity contribution in [2.75, 3.05) is 50.9 Å². The molecule has 1 N–H and O–H groups in total. The average molecular weight is 296 g/mol. The molecule has 1 saturated heterocycles. The summed E-state index contributed by atoms with van der Waals surface area (Å²) in [6.07, 6.45) is 1.90. The SMILES string of the molecule is CCOCCCOc1ccc(F)cc1N1CCCNCC1. The van der Waals surface area contributed by atoms with Gasteiger partial charge in [0, 0.05) is 45.3 Å². The Morgan fingerprint density at radius 2 is 2.14 bits per heavy atom. The molecule has 0 aromatic heterocycles. The Labute approximate surface area is 126 Å². The Balaban J connectivity index is 1.98. The average Bonchev–Trinajstić information content (AvgIpc) is 2.77. The molecule has 0 amide bonds. The van der Waals surface area contributed by atoms with Crippen molar-refractivity contribution in [3.8, 4) is 5.75 Å². The maximum atomic E-state index is 13.6. The van der Waals surface area contributed by atoms with E-state index in [4.69, 9.17) is 9.47 Å². The summed E-state index contributed by atoms with van der Waals surface area (Å²) >= 11 is 0. The summed E-state index contributed by atoms with van der Waals surface area (Å²) in [7, 11) is 0. The number of hydrogen-bond donors (Lipinski definition) is 1. The molecule has 1 heterocycles. The smallest absolute Gasteiger partial charge is 0.142 e. The third kappa shape index (κ3) is 5.17. The van der Waals surface area contributed by atoms with Crippen molar-refractivity contribution in [3.05, 3.63) is 24.0 Å². The Morgan fingerprint density at radius 1 is 1.24 bits per heavy atom. The molecule has 0 spiro atoms. The molecule has 1 aromatic carbocycles. The maximum absolute atomic E-state index is 13.6. The van der Waals surface area contributed by atoms with Gasteiger partial charge in [-0.3, -0.25) is 0 Å². The molecule has 1 aliphatic heterocycles. The van der Waals surface area contributed by atoms with Crippen LogP contribution in [0.3, 0.4) is 0 Å². The quantitative estimate of drug-likeness (QED) is 0.784. The van der Waals surface area contributed by atoms with Crippen LogP contribution in [0.5, 0.6) is 5.75 Å². The van der Waals surface area contributed by atoms with E-state index >= 15 is 0 Å². The first-order valence-corrected chi connectivity index (χ1v) is 7.77. The molecular formula is C16H25FN2O2. The van der Waals surface area contributed by atoms with Gasteiger partial charge in [-0.1, -0.05) is 0 Å². The summed E-state index contributed by atoms with van der Waals surface area (Å²) in [6, 6.07) is 4.75. The highest BCUT2D eigenvalue weighted by Crippen LogP contribution is 2.29. The molecule has 0 unspecified atom stereocenters. The molecule has 0 aliphatic carbocycles. The van der Waals surface area contributed by atoms with Crippen LogP contribution < -0.4 is 15.0 Å². The van der Waals surface area contributed by atoms with E-state index in [0.29, 0.717) is 13.2 Å². The van der Waals surface area contributed by atoms with Gasteiger partial charge in [-0.2, -0.15) is 0 Å². The molecular weight excluding hydrogens is 271 g/mol. The van der Waals surface area contributed by atoms with Crippen LogP contribution in [0, 0.1) is 5.82 Å². The monoisotopic (exact) mass is 296 g/mol. The molecule has 0 bridgehead atoms. The second-order valence-electron chi connectivity index (χ2n) is 5.10. The first-order chi connectivity index (χ1) is 10.3. The summed E-state index contributed by atoms with van der Waals surface area (Å²) in [5.41, 5.74) is 0.857. The molecule has 1 aliphatic rings. The minimum atomic E-state index is -0.219. The number of rotatable bonds is 7. The van der Waals surface area contributed by atoms with Gasteiger partial charge in [0.15, 0.2) is 0 Å². The van der Waals surface area contributed by atoms with E-state index in [1.54, 1.807) is 12.1 Å². The van der Waals surface area contributed by atoms with Gasteiger partial charge in [0.05, 0.1) is 12.3 Å². The van der Waals surface area contributed by atoms with E-state index < -0.39 is 0 Å². The van der Waals surface area contributed by atoms with Gasteiger partial charge < -0.3 is 19.7 Å². The highest BCUT2D eigenvalue weighted by atomic mass is 19.1. The number of anilines is 1. The third-order valence-corrected chi connectivity index (χ3v) is 3.50. The highest BCUT2D eigenvalue weighted by molar-refractivity contribution is 5.58. The van der Waals surface area contributed by atoms with Gasteiger partial charge in [0.1, 0.15) is 11.6 Å². The molecule has 0 saturated carbocycles. The minimum absolute atomic E-state index is 0.219. The van der Waals surface area contributed by atoms with Crippen LogP contribution in [0.15, 0.2) is 18.2 Å². The number of nitrogens with one attached hydrogen (secondary N) is 1. The van der Waals surface area contributed by atoms with Gasteiger partial charge in [-0.05, 0) is 32.0 Å². The zero-order valence-electron chi connectivity index (χ0n) is 12.7. The zero-order chi connectivity index (χ0) is 14.9.